The zero-order valence-electron chi connectivity index (χ0n) is 8.69. The van der Waals surface area contributed by atoms with E-state index in [1.165, 1.54) is 0 Å². The van der Waals surface area contributed by atoms with Gasteiger partial charge in [0.15, 0.2) is 5.69 Å². The van der Waals surface area contributed by atoms with Gasteiger partial charge in [-0.15, -0.1) is 5.10 Å². The van der Waals surface area contributed by atoms with E-state index in [0.717, 1.165) is 0 Å². The summed E-state index contributed by atoms with van der Waals surface area (Å²) in [5.41, 5.74) is 0.777. The van der Waals surface area contributed by atoms with Crippen LogP contribution in [-0.2, 0) is 13.0 Å². The lowest BCUT2D eigenvalue weighted by Gasteiger charge is -2.07. The van der Waals surface area contributed by atoms with Gasteiger partial charge < -0.3 is 5.11 Å². The Morgan fingerprint density at radius 2 is 2.21 bits per heavy atom. The molecule has 0 radical (unpaired) electrons. The van der Waals surface area contributed by atoms with E-state index in [4.69, 9.17) is 5.11 Å². The molecular formula is C9H15N3O2. The molecule has 5 heteroatoms. The molecule has 0 amide bonds. The third kappa shape index (κ3) is 2.10. The van der Waals surface area contributed by atoms with Crippen molar-refractivity contribution in [3.8, 4) is 0 Å². The Kier molecular flexibility index (Phi) is 3.22. The first-order chi connectivity index (χ1) is 6.56. The molecule has 1 aromatic rings. The monoisotopic (exact) mass is 197 g/mol. The van der Waals surface area contributed by atoms with Gasteiger partial charge in [-0.25, -0.2) is 9.48 Å². The standard InChI is InChI=1S/C9H15N3O2/c1-4-7-8(9(13)14)10-11-12(7)5-6(2)3/h6H,4-5H2,1-3H3,(H,13,14). The minimum Gasteiger partial charge on any atom is -0.476 e. The van der Waals surface area contributed by atoms with Crippen molar-refractivity contribution in [3.63, 3.8) is 0 Å². The molecule has 1 heterocycles. The Morgan fingerprint density at radius 1 is 1.57 bits per heavy atom. The van der Waals surface area contributed by atoms with Crippen LogP contribution in [0.15, 0.2) is 0 Å². The number of hydrogen-bond donors (Lipinski definition) is 1. The molecule has 0 atom stereocenters. The summed E-state index contributed by atoms with van der Waals surface area (Å²) in [5.74, 6) is -0.569. The van der Waals surface area contributed by atoms with E-state index in [-0.39, 0.29) is 5.69 Å². The molecule has 1 N–H and O–H groups in total. The van der Waals surface area contributed by atoms with Gasteiger partial charge in [0, 0.05) is 6.54 Å². The minimum atomic E-state index is -1.00. The molecule has 0 unspecified atom stereocenters. The lowest BCUT2D eigenvalue weighted by Crippen LogP contribution is -2.11. The average Bonchev–Trinajstić information content (AvgIpc) is 2.46. The first kappa shape index (κ1) is 10.7. The van der Waals surface area contributed by atoms with Gasteiger partial charge in [-0.3, -0.25) is 0 Å². The number of carboxylic acids is 1. The van der Waals surface area contributed by atoms with Crippen molar-refractivity contribution in [1.82, 2.24) is 15.0 Å². The molecule has 0 aromatic carbocycles. The Labute approximate surface area is 82.7 Å². The number of rotatable bonds is 4. The fourth-order valence-corrected chi connectivity index (χ4v) is 1.34. The van der Waals surface area contributed by atoms with Gasteiger partial charge in [0.25, 0.3) is 0 Å². The Balaban J connectivity index is 3.01. The van der Waals surface area contributed by atoms with Gasteiger partial charge >= 0.3 is 5.97 Å². The molecule has 0 aliphatic heterocycles. The maximum Gasteiger partial charge on any atom is 0.358 e. The highest BCUT2D eigenvalue weighted by atomic mass is 16.4. The SMILES string of the molecule is CCc1c(C(=O)O)nnn1CC(C)C. The van der Waals surface area contributed by atoms with Crippen LogP contribution in [-0.4, -0.2) is 26.1 Å². The molecule has 1 rings (SSSR count). The predicted octanol–water partition coefficient (Wildman–Crippen LogP) is 1.19. The third-order valence-electron chi connectivity index (χ3n) is 1.91. The number of hydrogen-bond acceptors (Lipinski definition) is 3. The van der Waals surface area contributed by atoms with Crippen LogP contribution in [0.4, 0.5) is 0 Å². The molecule has 78 valence electrons. The number of aromatic nitrogens is 3. The van der Waals surface area contributed by atoms with Crippen LogP contribution in [0.2, 0.25) is 0 Å². The van der Waals surface area contributed by atoms with Crippen molar-refractivity contribution in [3.05, 3.63) is 11.4 Å². The summed E-state index contributed by atoms with van der Waals surface area (Å²) >= 11 is 0. The summed E-state index contributed by atoms with van der Waals surface area (Å²) in [4.78, 5) is 10.8. The van der Waals surface area contributed by atoms with Gasteiger partial charge in [0.1, 0.15) is 0 Å². The van der Waals surface area contributed by atoms with Crippen molar-refractivity contribution >= 4 is 5.97 Å². The third-order valence-corrected chi connectivity index (χ3v) is 1.91. The van der Waals surface area contributed by atoms with E-state index < -0.39 is 5.97 Å². The average molecular weight is 197 g/mol. The van der Waals surface area contributed by atoms with E-state index in [1.54, 1.807) is 4.68 Å². The fraction of sp³-hybridized carbons (Fsp3) is 0.667. The van der Waals surface area contributed by atoms with Crippen LogP contribution in [0.25, 0.3) is 0 Å². The molecule has 0 aliphatic carbocycles. The topological polar surface area (TPSA) is 68.0 Å². The molecule has 0 fully saturated rings. The molecule has 0 aliphatic rings. The zero-order valence-corrected chi connectivity index (χ0v) is 8.69. The Bertz CT molecular complexity index is 331. The number of aromatic carboxylic acids is 1. The van der Waals surface area contributed by atoms with Crippen LogP contribution in [0.3, 0.4) is 0 Å². The molecule has 0 saturated heterocycles. The molecule has 0 spiro atoms. The van der Waals surface area contributed by atoms with Gasteiger partial charge in [0.2, 0.25) is 0 Å². The van der Waals surface area contributed by atoms with Crippen molar-refractivity contribution < 1.29 is 9.90 Å². The minimum absolute atomic E-state index is 0.0770. The second-order valence-corrected chi connectivity index (χ2v) is 3.62. The van der Waals surface area contributed by atoms with E-state index in [1.807, 2.05) is 6.92 Å². The van der Waals surface area contributed by atoms with Crippen LogP contribution in [0.5, 0.6) is 0 Å². The highest BCUT2D eigenvalue weighted by molar-refractivity contribution is 5.86. The van der Waals surface area contributed by atoms with Crippen molar-refractivity contribution in [2.24, 2.45) is 5.92 Å². The Morgan fingerprint density at radius 3 is 2.64 bits per heavy atom. The maximum atomic E-state index is 10.8. The second-order valence-electron chi connectivity index (χ2n) is 3.62. The molecule has 14 heavy (non-hydrogen) atoms. The molecule has 0 saturated carbocycles. The summed E-state index contributed by atoms with van der Waals surface area (Å²) in [6, 6.07) is 0. The smallest absolute Gasteiger partial charge is 0.358 e. The van der Waals surface area contributed by atoms with Crippen LogP contribution in [0, 0.1) is 5.92 Å². The molecule has 0 bridgehead atoms. The van der Waals surface area contributed by atoms with Gasteiger partial charge in [-0.2, -0.15) is 0 Å². The molecule has 1 aromatic heterocycles. The number of carbonyl (C=O) groups is 1. The maximum absolute atomic E-state index is 10.8. The fourth-order valence-electron chi connectivity index (χ4n) is 1.34. The van der Waals surface area contributed by atoms with Crippen molar-refractivity contribution in [2.45, 2.75) is 33.7 Å². The lowest BCUT2D eigenvalue weighted by atomic mass is 10.2. The van der Waals surface area contributed by atoms with Crippen molar-refractivity contribution in [1.29, 1.82) is 0 Å². The van der Waals surface area contributed by atoms with Gasteiger partial charge in [-0.1, -0.05) is 26.0 Å². The lowest BCUT2D eigenvalue weighted by molar-refractivity contribution is 0.0689. The first-order valence-electron chi connectivity index (χ1n) is 4.71. The highest BCUT2D eigenvalue weighted by Crippen LogP contribution is 2.08. The normalized spacial score (nSPS) is 10.9. The number of carboxylic acid groups (broad SMARTS) is 1. The second kappa shape index (κ2) is 4.21. The van der Waals surface area contributed by atoms with Crippen LogP contribution in [0.1, 0.15) is 37.0 Å². The summed E-state index contributed by atoms with van der Waals surface area (Å²) in [6.45, 7) is 6.73. The van der Waals surface area contributed by atoms with E-state index in [9.17, 15) is 4.79 Å². The highest BCUT2D eigenvalue weighted by Gasteiger charge is 2.17. The van der Waals surface area contributed by atoms with Crippen molar-refractivity contribution in [2.75, 3.05) is 0 Å². The van der Waals surface area contributed by atoms with Crippen LogP contribution >= 0.6 is 0 Å². The molecule has 5 nitrogen and oxygen atoms in total. The summed E-state index contributed by atoms with van der Waals surface area (Å²) < 4.78 is 1.67. The summed E-state index contributed by atoms with van der Waals surface area (Å²) in [5, 5.41) is 16.3. The van der Waals surface area contributed by atoms with Crippen LogP contribution < -0.4 is 0 Å². The van der Waals surface area contributed by atoms with Gasteiger partial charge in [0.05, 0.1) is 5.69 Å². The molecular weight excluding hydrogens is 182 g/mol. The predicted molar refractivity (Wildman–Crippen MR) is 51.2 cm³/mol. The van der Waals surface area contributed by atoms with Gasteiger partial charge in [-0.05, 0) is 12.3 Å². The zero-order chi connectivity index (χ0) is 10.7. The van der Waals surface area contributed by atoms with E-state index in [0.29, 0.717) is 24.6 Å². The summed E-state index contributed by atoms with van der Waals surface area (Å²) in [7, 11) is 0. The Hall–Kier alpha value is -1.39. The van der Waals surface area contributed by atoms with E-state index >= 15 is 0 Å². The number of nitrogens with zero attached hydrogens (tertiary/aromatic N) is 3. The first-order valence-corrected chi connectivity index (χ1v) is 4.71. The van der Waals surface area contributed by atoms with E-state index in [2.05, 4.69) is 24.2 Å². The summed E-state index contributed by atoms with van der Waals surface area (Å²) in [6.07, 6.45) is 0.640. The largest absolute Gasteiger partial charge is 0.476 e. The quantitative estimate of drug-likeness (QED) is 0.787.